The second-order valence-corrected chi connectivity index (χ2v) is 4.41. The monoisotopic (exact) mass is 306 g/mol. The largest absolute Gasteiger partial charge is 0.573 e. The first-order chi connectivity index (χ1) is 9.84. The van der Waals surface area contributed by atoms with E-state index in [1.807, 2.05) is 0 Å². The van der Waals surface area contributed by atoms with Gasteiger partial charge in [0.25, 0.3) is 0 Å². The Kier molecular flexibility index (Phi) is 6.29. The molecule has 0 aliphatic carbocycles. The first-order valence-electron chi connectivity index (χ1n) is 6.25. The molecule has 8 heteroatoms. The number of carbonyl (C=O) groups excluding carboxylic acids is 1. The number of alkyl halides is 3. The average Bonchev–Trinajstić information content (AvgIpc) is 2.41. The van der Waals surface area contributed by atoms with Crippen molar-refractivity contribution < 1.29 is 27.8 Å². The molecular formula is C13H17F3N2O3. The van der Waals surface area contributed by atoms with Gasteiger partial charge in [0.1, 0.15) is 5.75 Å². The lowest BCUT2D eigenvalue weighted by molar-refractivity contribution is -0.274. The standard InChI is InChI=1S/C13H17F3N2O3/c1-17-12(20)18-7-10(8-19)5-9-3-2-4-11(6-9)21-13(14,15)16/h2-4,6,10,19H,5,7-8H2,1H3,(H2,17,18,20)/t10-/m1/s1. The van der Waals surface area contributed by atoms with E-state index in [9.17, 15) is 23.1 Å². The summed E-state index contributed by atoms with van der Waals surface area (Å²) in [6.07, 6.45) is -4.43. The first-order valence-corrected chi connectivity index (χ1v) is 6.25. The fourth-order valence-electron chi connectivity index (χ4n) is 1.73. The van der Waals surface area contributed by atoms with Crippen molar-refractivity contribution >= 4 is 6.03 Å². The van der Waals surface area contributed by atoms with Gasteiger partial charge in [0.2, 0.25) is 0 Å². The minimum Gasteiger partial charge on any atom is -0.406 e. The molecule has 21 heavy (non-hydrogen) atoms. The summed E-state index contributed by atoms with van der Waals surface area (Å²) in [4.78, 5) is 11.0. The third-order valence-electron chi connectivity index (χ3n) is 2.69. The zero-order valence-electron chi connectivity index (χ0n) is 11.4. The second-order valence-electron chi connectivity index (χ2n) is 4.41. The molecule has 118 valence electrons. The van der Waals surface area contributed by atoms with Crippen LogP contribution in [0.4, 0.5) is 18.0 Å². The highest BCUT2D eigenvalue weighted by molar-refractivity contribution is 5.73. The number of rotatable bonds is 6. The van der Waals surface area contributed by atoms with Gasteiger partial charge in [0.15, 0.2) is 0 Å². The molecule has 0 heterocycles. The van der Waals surface area contributed by atoms with Crippen molar-refractivity contribution in [1.82, 2.24) is 10.6 Å². The molecule has 0 aromatic heterocycles. The van der Waals surface area contributed by atoms with E-state index in [1.54, 1.807) is 6.07 Å². The van der Waals surface area contributed by atoms with Crippen LogP contribution in [0.5, 0.6) is 5.75 Å². The molecule has 0 saturated carbocycles. The molecule has 2 amide bonds. The maximum atomic E-state index is 12.1. The van der Waals surface area contributed by atoms with Crippen molar-refractivity contribution in [2.75, 3.05) is 20.2 Å². The molecule has 0 fully saturated rings. The number of hydrogen-bond donors (Lipinski definition) is 3. The average molecular weight is 306 g/mol. The van der Waals surface area contributed by atoms with Crippen LogP contribution in [-0.4, -0.2) is 37.7 Å². The molecule has 1 aromatic carbocycles. The van der Waals surface area contributed by atoms with Crippen molar-refractivity contribution in [3.05, 3.63) is 29.8 Å². The smallest absolute Gasteiger partial charge is 0.406 e. The summed E-state index contributed by atoms with van der Waals surface area (Å²) >= 11 is 0. The number of aliphatic hydroxyl groups is 1. The van der Waals surface area contributed by atoms with Crippen molar-refractivity contribution in [2.45, 2.75) is 12.8 Å². The minimum absolute atomic E-state index is 0.200. The lowest BCUT2D eigenvalue weighted by Crippen LogP contribution is -2.37. The van der Waals surface area contributed by atoms with Crippen LogP contribution in [0, 0.1) is 5.92 Å². The summed E-state index contributed by atoms with van der Waals surface area (Å²) in [5.41, 5.74) is 0.578. The molecule has 5 nitrogen and oxygen atoms in total. The molecule has 1 rings (SSSR count). The van der Waals surface area contributed by atoms with Crippen molar-refractivity contribution in [1.29, 1.82) is 0 Å². The highest BCUT2D eigenvalue weighted by Gasteiger charge is 2.31. The number of urea groups is 1. The van der Waals surface area contributed by atoms with E-state index in [2.05, 4.69) is 15.4 Å². The molecule has 0 saturated heterocycles. The van der Waals surface area contributed by atoms with E-state index in [4.69, 9.17) is 0 Å². The molecule has 1 aromatic rings. The van der Waals surface area contributed by atoms with E-state index in [0.29, 0.717) is 12.0 Å². The predicted octanol–water partition coefficient (Wildman–Crippen LogP) is 1.67. The van der Waals surface area contributed by atoms with Crippen LogP contribution in [-0.2, 0) is 6.42 Å². The number of nitrogens with one attached hydrogen (secondary N) is 2. The number of benzene rings is 1. The quantitative estimate of drug-likeness (QED) is 0.748. The summed E-state index contributed by atoms with van der Waals surface area (Å²) in [5.74, 6) is -0.612. The van der Waals surface area contributed by atoms with Crippen LogP contribution < -0.4 is 15.4 Å². The van der Waals surface area contributed by atoms with Gasteiger partial charge in [-0.15, -0.1) is 13.2 Å². The number of carbonyl (C=O) groups is 1. The molecule has 0 aliphatic rings. The SMILES string of the molecule is CNC(=O)NC[C@H](CO)Cc1cccc(OC(F)(F)F)c1. The van der Waals surface area contributed by atoms with Crippen LogP contribution in [0.25, 0.3) is 0 Å². The summed E-state index contributed by atoms with van der Waals surface area (Å²) in [5, 5.41) is 14.1. The normalized spacial score (nSPS) is 12.6. The van der Waals surface area contributed by atoms with E-state index in [1.165, 1.54) is 25.2 Å². The highest BCUT2D eigenvalue weighted by Crippen LogP contribution is 2.24. The van der Waals surface area contributed by atoms with Crippen molar-refractivity contribution in [3.63, 3.8) is 0 Å². The molecule has 0 aliphatic heterocycles. The van der Waals surface area contributed by atoms with Crippen molar-refractivity contribution in [3.8, 4) is 5.75 Å². The summed E-state index contributed by atoms with van der Waals surface area (Å²) in [6.45, 7) is 0.00881. The van der Waals surface area contributed by atoms with Gasteiger partial charge in [-0.3, -0.25) is 0 Å². The Hall–Kier alpha value is -1.96. The van der Waals surface area contributed by atoms with E-state index < -0.39 is 6.36 Å². The first kappa shape index (κ1) is 17.1. The topological polar surface area (TPSA) is 70.6 Å². The predicted molar refractivity (Wildman–Crippen MR) is 69.9 cm³/mol. The molecule has 1 atom stereocenters. The third kappa shape index (κ3) is 6.84. The van der Waals surface area contributed by atoms with Crippen LogP contribution in [0.15, 0.2) is 24.3 Å². The van der Waals surface area contributed by atoms with E-state index >= 15 is 0 Å². The zero-order chi connectivity index (χ0) is 15.9. The number of halogens is 3. The lowest BCUT2D eigenvalue weighted by atomic mass is 10.00. The van der Waals surface area contributed by atoms with Gasteiger partial charge in [0.05, 0.1) is 0 Å². The Morgan fingerprint density at radius 1 is 1.43 bits per heavy atom. The maximum absolute atomic E-state index is 12.1. The van der Waals surface area contributed by atoms with Gasteiger partial charge < -0.3 is 20.5 Å². The van der Waals surface area contributed by atoms with Gasteiger partial charge in [-0.2, -0.15) is 0 Å². The molecule has 0 unspecified atom stereocenters. The minimum atomic E-state index is -4.74. The van der Waals surface area contributed by atoms with Crippen LogP contribution >= 0.6 is 0 Å². The fourth-order valence-corrected chi connectivity index (χ4v) is 1.73. The van der Waals surface area contributed by atoms with Crippen LogP contribution in [0.1, 0.15) is 5.56 Å². The Morgan fingerprint density at radius 3 is 2.71 bits per heavy atom. The van der Waals surface area contributed by atoms with E-state index in [0.717, 1.165) is 0 Å². The van der Waals surface area contributed by atoms with Crippen LogP contribution in [0.2, 0.25) is 0 Å². The summed E-state index contributed by atoms with van der Waals surface area (Å²) in [7, 11) is 1.46. The van der Waals surface area contributed by atoms with Gasteiger partial charge in [-0.25, -0.2) is 4.79 Å². The third-order valence-corrected chi connectivity index (χ3v) is 2.69. The lowest BCUT2D eigenvalue weighted by Gasteiger charge is -2.16. The summed E-state index contributed by atoms with van der Waals surface area (Å²) < 4.78 is 40.2. The Morgan fingerprint density at radius 2 is 2.14 bits per heavy atom. The zero-order valence-corrected chi connectivity index (χ0v) is 11.4. The van der Waals surface area contributed by atoms with Gasteiger partial charge in [-0.1, -0.05) is 12.1 Å². The van der Waals surface area contributed by atoms with Gasteiger partial charge in [0, 0.05) is 26.1 Å². The maximum Gasteiger partial charge on any atom is 0.573 e. The molecular weight excluding hydrogens is 289 g/mol. The Labute approximate surface area is 120 Å². The highest BCUT2D eigenvalue weighted by atomic mass is 19.4. The summed E-state index contributed by atoms with van der Waals surface area (Å²) in [6, 6.07) is 5.15. The molecule has 0 radical (unpaired) electrons. The number of hydrogen-bond acceptors (Lipinski definition) is 3. The molecule has 3 N–H and O–H groups in total. The number of amides is 2. The van der Waals surface area contributed by atoms with Crippen LogP contribution in [0.3, 0.4) is 0 Å². The number of aliphatic hydroxyl groups excluding tert-OH is 1. The van der Waals surface area contributed by atoms with E-state index in [-0.39, 0.29) is 30.9 Å². The van der Waals surface area contributed by atoms with Gasteiger partial charge >= 0.3 is 12.4 Å². The van der Waals surface area contributed by atoms with Gasteiger partial charge in [-0.05, 0) is 24.1 Å². The Balaban J connectivity index is 2.63. The fraction of sp³-hybridized carbons (Fsp3) is 0.462. The van der Waals surface area contributed by atoms with Crippen molar-refractivity contribution in [2.24, 2.45) is 5.92 Å². The molecule has 0 bridgehead atoms. The Bertz CT molecular complexity index is 466. The second kappa shape index (κ2) is 7.72. The molecule has 0 spiro atoms. The number of ether oxygens (including phenoxy) is 1.